The van der Waals surface area contributed by atoms with Gasteiger partial charge >= 0.3 is 5.97 Å². The average Bonchev–Trinajstić information content (AvgIpc) is 2.27. The first kappa shape index (κ1) is 13.1. The van der Waals surface area contributed by atoms with Crippen molar-refractivity contribution in [2.75, 3.05) is 13.2 Å². The smallest absolute Gasteiger partial charge is 0.326 e. The van der Waals surface area contributed by atoms with Crippen LogP contribution in [0.15, 0.2) is 0 Å². The Morgan fingerprint density at radius 3 is 3.00 bits per heavy atom. The van der Waals surface area contributed by atoms with E-state index in [2.05, 4.69) is 18.2 Å². The summed E-state index contributed by atoms with van der Waals surface area (Å²) >= 11 is 0. The van der Waals surface area contributed by atoms with Crippen LogP contribution in [0, 0.1) is 18.3 Å². The quantitative estimate of drug-likeness (QED) is 0.582. The molecule has 0 aromatic heterocycles. The van der Waals surface area contributed by atoms with Crippen molar-refractivity contribution >= 4 is 5.97 Å². The van der Waals surface area contributed by atoms with Crippen LogP contribution in [0.3, 0.4) is 0 Å². The molecule has 0 spiro atoms. The van der Waals surface area contributed by atoms with Crippen molar-refractivity contribution in [3.63, 3.8) is 0 Å². The lowest BCUT2D eigenvalue weighted by Crippen LogP contribution is -2.55. The van der Waals surface area contributed by atoms with Gasteiger partial charge in [-0.15, -0.1) is 6.42 Å². The Morgan fingerprint density at radius 2 is 2.44 bits per heavy atom. The fourth-order valence-corrected chi connectivity index (χ4v) is 2.46. The molecule has 2 atom stereocenters. The van der Waals surface area contributed by atoms with E-state index >= 15 is 0 Å². The number of rotatable bonds is 4. The molecule has 1 saturated carbocycles. The minimum Gasteiger partial charge on any atom is -0.465 e. The van der Waals surface area contributed by atoms with Gasteiger partial charge in [-0.25, -0.2) is 0 Å². The second kappa shape index (κ2) is 5.91. The van der Waals surface area contributed by atoms with Gasteiger partial charge in [0.15, 0.2) is 0 Å². The van der Waals surface area contributed by atoms with E-state index < -0.39 is 5.54 Å². The molecule has 0 aliphatic heterocycles. The SMILES string of the molecule is C#CCNC1(C(=O)OCC)CCCC(C)C1. The highest BCUT2D eigenvalue weighted by molar-refractivity contribution is 5.81. The van der Waals surface area contributed by atoms with E-state index in [9.17, 15) is 4.79 Å². The molecule has 16 heavy (non-hydrogen) atoms. The van der Waals surface area contributed by atoms with Gasteiger partial charge in [0.25, 0.3) is 0 Å². The van der Waals surface area contributed by atoms with E-state index in [0.717, 1.165) is 19.3 Å². The monoisotopic (exact) mass is 223 g/mol. The van der Waals surface area contributed by atoms with E-state index in [-0.39, 0.29) is 5.97 Å². The van der Waals surface area contributed by atoms with Crippen molar-refractivity contribution in [2.45, 2.75) is 45.1 Å². The molecular formula is C13H21NO2. The van der Waals surface area contributed by atoms with Crippen LogP contribution in [-0.2, 0) is 9.53 Å². The number of hydrogen-bond donors (Lipinski definition) is 1. The first-order valence-electron chi connectivity index (χ1n) is 6.00. The number of carbonyl (C=O) groups excluding carboxylic acids is 1. The lowest BCUT2D eigenvalue weighted by molar-refractivity contribution is -0.153. The molecule has 0 radical (unpaired) electrons. The standard InChI is InChI=1S/C13H21NO2/c1-4-9-14-13(12(15)16-5-2)8-6-7-11(3)10-13/h1,11,14H,5-10H2,2-3H3. The minimum atomic E-state index is -0.542. The van der Waals surface area contributed by atoms with Gasteiger partial charge < -0.3 is 4.74 Å². The molecule has 3 nitrogen and oxygen atoms in total. The Hall–Kier alpha value is -1.01. The lowest BCUT2D eigenvalue weighted by Gasteiger charge is -2.38. The summed E-state index contributed by atoms with van der Waals surface area (Å²) in [5.74, 6) is 2.94. The van der Waals surface area contributed by atoms with Crippen molar-refractivity contribution in [1.29, 1.82) is 0 Å². The summed E-state index contributed by atoms with van der Waals surface area (Å²) in [6, 6.07) is 0. The van der Waals surface area contributed by atoms with Crippen LogP contribution in [0.1, 0.15) is 39.5 Å². The van der Waals surface area contributed by atoms with Crippen molar-refractivity contribution in [3.05, 3.63) is 0 Å². The van der Waals surface area contributed by atoms with Crippen LogP contribution in [0.25, 0.3) is 0 Å². The van der Waals surface area contributed by atoms with Gasteiger partial charge in [0.05, 0.1) is 13.2 Å². The molecule has 0 amide bonds. The maximum atomic E-state index is 12.0. The predicted molar refractivity (Wildman–Crippen MR) is 63.8 cm³/mol. The molecule has 0 bridgehead atoms. The Balaban J connectivity index is 2.74. The van der Waals surface area contributed by atoms with Crippen molar-refractivity contribution in [3.8, 4) is 12.3 Å². The topological polar surface area (TPSA) is 38.3 Å². The Morgan fingerprint density at radius 1 is 1.69 bits per heavy atom. The summed E-state index contributed by atoms with van der Waals surface area (Å²) in [6.07, 6.45) is 9.14. The highest BCUT2D eigenvalue weighted by Gasteiger charge is 2.42. The second-order valence-corrected chi connectivity index (χ2v) is 4.56. The van der Waals surface area contributed by atoms with Gasteiger partial charge in [0.2, 0.25) is 0 Å². The van der Waals surface area contributed by atoms with E-state index in [4.69, 9.17) is 11.2 Å². The number of nitrogens with one attached hydrogen (secondary N) is 1. The Kier molecular flexibility index (Phi) is 4.82. The Bertz CT molecular complexity index is 282. The third kappa shape index (κ3) is 2.99. The summed E-state index contributed by atoms with van der Waals surface area (Å²) in [4.78, 5) is 12.0. The summed E-state index contributed by atoms with van der Waals surface area (Å²) in [5, 5.41) is 3.19. The zero-order chi connectivity index (χ0) is 12.0. The van der Waals surface area contributed by atoms with Crippen LogP contribution in [0.5, 0.6) is 0 Å². The highest BCUT2D eigenvalue weighted by atomic mass is 16.5. The first-order chi connectivity index (χ1) is 7.64. The molecule has 1 aliphatic rings. The third-order valence-corrected chi connectivity index (χ3v) is 3.19. The van der Waals surface area contributed by atoms with Crippen molar-refractivity contribution in [2.24, 2.45) is 5.92 Å². The molecule has 0 aromatic carbocycles. The zero-order valence-corrected chi connectivity index (χ0v) is 10.2. The molecular weight excluding hydrogens is 202 g/mol. The van der Waals surface area contributed by atoms with Gasteiger partial charge in [0, 0.05) is 0 Å². The molecule has 90 valence electrons. The van der Waals surface area contributed by atoms with Crippen LogP contribution in [0.4, 0.5) is 0 Å². The second-order valence-electron chi connectivity index (χ2n) is 4.56. The summed E-state index contributed by atoms with van der Waals surface area (Å²) in [6.45, 7) is 4.85. The van der Waals surface area contributed by atoms with Crippen LogP contribution in [0.2, 0.25) is 0 Å². The molecule has 1 aliphatic carbocycles. The highest BCUT2D eigenvalue weighted by Crippen LogP contribution is 2.33. The summed E-state index contributed by atoms with van der Waals surface area (Å²) < 4.78 is 5.16. The summed E-state index contributed by atoms with van der Waals surface area (Å²) in [5.41, 5.74) is -0.542. The molecule has 2 unspecified atom stereocenters. The number of carbonyl (C=O) groups is 1. The normalized spacial score (nSPS) is 29.4. The molecule has 1 rings (SSSR count). The van der Waals surface area contributed by atoms with Crippen LogP contribution < -0.4 is 5.32 Å². The molecule has 0 aromatic rings. The first-order valence-corrected chi connectivity index (χ1v) is 6.00. The average molecular weight is 223 g/mol. The number of hydrogen-bond acceptors (Lipinski definition) is 3. The number of terminal acetylenes is 1. The molecule has 0 saturated heterocycles. The van der Waals surface area contributed by atoms with Gasteiger partial charge in [-0.2, -0.15) is 0 Å². The number of esters is 1. The molecule has 1 fully saturated rings. The molecule has 0 heterocycles. The van der Waals surface area contributed by atoms with Gasteiger partial charge in [-0.05, 0) is 25.7 Å². The van der Waals surface area contributed by atoms with E-state index in [1.165, 1.54) is 6.42 Å². The molecule has 3 heteroatoms. The largest absolute Gasteiger partial charge is 0.465 e. The summed E-state index contributed by atoms with van der Waals surface area (Å²) in [7, 11) is 0. The van der Waals surface area contributed by atoms with Crippen molar-refractivity contribution in [1.82, 2.24) is 5.32 Å². The van der Waals surface area contributed by atoms with E-state index in [1.54, 1.807) is 0 Å². The van der Waals surface area contributed by atoms with Crippen LogP contribution >= 0.6 is 0 Å². The Labute approximate surface area is 97.9 Å². The van der Waals surface area contributed by atoms with Gasteiger partial charge in [-0.3, -0.25) is 10.1 Å². The fraction of sp³-hybridized carbons (Fsp3) is 0.769. The zero-order valence-electron chi connectivity index (χ0n) is 10.2. The van der Waals surface area contributed by atoms with Gasteiger partial charge in [-0.1, -0.05) is 25.7 Å². The maximum Gasteiger partial charge on any atom is 0.326 e. The fourth-order valence-electron chi connectivity index (χ4n) is 2.46. The van der Waals surface area contributed by atoms with E-state index in [0.29, 0.717) is 19.1 Å². The maximum absolute atomic E-state index is 12.0. The van der Waals surface area contributed by atoms with Crippen LogP contribution in [-0.4, -0.2) is 24.7 Å². The van der Waals surface area contributed by atoms with Gasteiger partial charge in [0.1, 0.15) is 5.54 Å². The molecule has 1 N–H and O–H groups in total. The lowest BCUT2D eigenvalue weighted by atomic mass is 9.76. The predicted octanol–water partition coefficient (Wildman–Crippen LogP) is 1.72. The van der Waals surface area contributed by atoms with Crippen molar-refractivity contribution < 1.29 is 9.53 Å². The van der Waals surface area contributed by atoms with E-state index in [1.807, 2.05) is 6.92 Å². The number of ether oxygens (including phenoxy) is 1. The third-order valence-electron chi connectivity index (χ3n) is 3.19. The minimum absolute atomic E-state index is 0.142.